The molecule has 0 saturated carbocycles. The largest absolute Gasteiger partial charge is 0.511 e. The number of hydrogen-bond acceptors (Lipinski definition) is 3. The molecule has 1 N–H and O–H groups in total. The van der Waals surface area contributed by atoms with E-state index in [9.17, 15) is 26.4 Å². The van der Waals surface area contributed by atoms with Crippen molar-refractivity contribution in [2.75, 3.05) is 13.1 Å². The molecule has 1 aliphatic rings. The van der Waals surface area contributed by atoms with E-state index in [1.54, 1.807) is 6.92 Å². The molecule has 2 unspecified atom stereocenters. The monoisotopic (exact) mass is 303 g/mol. The van der Waals surface area contributed by atoms with Crippen molar-refractivity contribution in [2.45, 2.75) is 31.7 Å². The van der Waals surface area contributed by atoms with Crippen molar-refractivity contribution in [3.63, 3.8) is 0 Å². The lowest BCUT2D eigenvalue weighted by Gasteiger charge is -2.34. The molecule has 0 aliphatic carbocycles. The van der Waals surface area contributed by atoms with E-state index in [0.717, 1.165) is 0 Å². The van der Waals surface area contributed by atoms with E-state index in [1.165, 1.54) is 0 Å². The van der Waals surface area contributed by atoms with Crippen LogP contribution in [0.2, 0.25) is 0 Å². The molecule has 112 valence electrons. The van der Waals surface area contributed by atoms with Crippen LogP contribution in [0.25, 0.3) is 0 Å². The van der Waals surface area contributed by atoms with Crippen LogP contribution in [0.5, 0.6) is 0 Å². The van der Waals surface area contributed by atoms with E-state index in [-0.39, 0.29) is 31.3 Å². The van der Waals surface area contributed by atoms with E-state index in [4.69, 9.17) is 5.11 Å². The summed E-state index contributed by atoms with van der Waals surface area (Å²) in [5, 5.41) is 8.66. The van der Waals surface area contributed by atoms with Gasteiger partial charge in [0.1, 0.15) is 0 Å². The van der Waals surface area contributed by atoms with Crippen LogP contribution >= 0.6 is 0 Å². The molecule has 0 spiro atoms. The minimum Gasteiger partial charge on any atom is -0.481 e. The molecule has 1 fully saturated rings. The highest BCUT2D eigenvalue weighted by Gasteiger charge is 2.51. The van der Waals surface area contributed by atoms with Crippen LogP contribution in [-0.2, 0) is 14.8 Å². The third kappa shape index (κ3) is 3.82. The number of rotatable bonds is 4. The first kappa shape index (κ1) is 16.2. The van der Waals surface area contributed by atoms with Crippen LogP contribution in [0.15, 0.2) is 0 Å². The molecular formula is C10H16F3NO4S. The molecule has 0 aromatic heterocycles. The van der Waals surface area contributed by atoms with Crippen LogP contribution in [0, 0.1) is 11.8 Å². The molecule has 1 heterocycles. The van der Waals surface area contributed by atoms with E-state index in [2.05, 4.69) is 0 Å². The minimum absolute atomic E-state index is 0.169. The van der Waals surface area contributed by atoms with Gasteiger partial charge in [0.05, 0.1) is 0 Å². The lowest BCUT2D eigenvalue weighted by atomic mass is 9.85. The number of sulfonamides is 1. The lowest BCUT2D eigenvalue weighted by Crippen LogP contribution is -2.47. The smallest absolute Gasteiger partial charge is 0.481 e. The van der Waals surface area contributed by atoms with Gasteiger partial charge >= 0.3 is 21.5 Å². The number of alkyl halides is 3. The van der Waals surface area contributed by atoms with Crippen LogP contribution < -0.4 is 0 Å². The van der Waals surface area contributed by atoms with Gasteiger partial charge in [0, 0.05) is 19.5 Å². The van der Waals surface area contributed by atoms with Crippen molar-refractivity contribution in [1.82, 2.24) is 4.31 Å². The first-order valence-corrected chi connectivity index (χ1v) is 7.28. The molecule has 1 aliphatic heterocycles. The average Bonchev–Trinajstić information content (AvgIpc) is 2.26. The fraction of sp³-hybridized carbons (Fsp3) is 0.900. The topological polar surface area (TPSA) is 74.7 Å². The average molecular weight is 303 g/mol. The third-order valence-electron chi connectivity index (χ3n) is 3.35. The van der Waals surface area contributed by atoms with Gasteiger partial charge < -0.3 is 5.11 Å². The summed E-state index contributed by atoms with van der Waals surface area (Å²) < 4.78 is 60.3. The Morgan fingerprint density at radius 2 is 2.05 bits per heavy atom. The van der Waals surface area contributed by atoms with Crippen molar-refractivity contribution in [1.29, 1.82) is 0 Å². The van der Waals surface area contributed by atoms with Gasteiger partial charge in [-0.15, -0.1) is 0 Å². The Labute approximate surface area is 109 Å². The van der Waals surface area contributed by atoms with Crippen molar-refractivity contribution in [3.05, 3.63) is 0 Å². The molecular weight excluding hydrogens is 287 g/mol. The van der Waals surface area contributed by atoms with Crippen LogP contribution in [0.1, 0.15) is 26.2 Å². The summed E-state index contributed by atoms with van der Waals surface area (Å²) in [6, 6.07) is 0. The predicted molar refractivity (Wildman–Crippen MR) is 60.7 cm³/mol. The molecule has 0 bridgehead atoms. The normalized spacial score (nSPS) is 24.1. The molecule has 1 saturated heterocycles. The minimum atomic E-state index is -5.31. The summed E-state index contributed by atoms with van der Waals surface area (Å²) in [6.45, 7) is 1.18. The number of aliphatic carboxylic acids is 1. The number of hydrogen-bond donors (Lipinski definition) is 1. The highest BCUT2D eigenvalue weighted by molar-refractivity contribution is 7.90. The number of piperidine rings is 1. The molecule has 2 atom stereocenters. The fourth-order valence-electron chi connectivity index (χ4n) is 2.25. The van der Waals surface area contributed by atoms with Crippen LogP contribution in [-0.4, -0.2) is 42.4 Å². The number of halogens is 3. The van der Waals surface area contributed by atoms with Gasteiger partial charge in [-0.05, 0) is 24.7 Å². The second-order valence-electron chi connectivity index (χ2n) is 4.79. The zero-order valence-electron chi connectivity index (χ0n) is 10.4. The van der Waals surface area contributed by atoms with E-state index >= 15 is 0 Å². The summed E-state index contributed by atoms with van der Waals surface area (Å²) in [7, 11) is -5.31. The Balaban J connectivity index is 2.78. The van der Waals surface area contributed by atoms with Gasteiger partial charge in [0.2, 0.25) is 0 Å². The number of carbonyl (C=O) groups is 1. The van der Waals surface area contributed by atoms with Gasteiger partial charge in [0.25, 0.3) is 0 Å². The molecule has 0 amide bonds. The molecule has 9 heteroatoms. The zero-order chi connectivity index (χ0) is 14.8. The first-order chi connectivity index (χ1) is 8.55. The van der Waals surface area contributed by atoms with Gasteiger partial charge in [-0.3, -0.25) is 4.79 Å². The Morgan fingerprint density at radius 3 is 2.53 bits per heavy atom. The summed E-state index contributed by atoms with van der Waals surface area (Å²) in [5.74, 6) is -1.76. The molecule has 5 nitrogen and oxygen atoms in total. The highest BCUT2D eigenvalue weighted by Crippen LogP contribution is 2.33. The summed E-state index contributed by atoms with van der Waals surface area (Å²) in [5.41, 5.74) is -5.30. The number of carboxylic acid groups (broad SMARTS) is 1. The SMILES string of the molecule is CC(CC(=O)O)C1CCCN(S(=O)(=O)C(F)(F)F)C1. The third-order valence-corrected chi connectivity index (χ3v) is 4.95. The molecule has 0 aromatic rings. The van der Waals surface area contributed by atoms with Gasteiger partial charge in [-0.2, -0.15) is 17.5 Å². The van der Waals surface area contributed by atoms with Gasteiger partial charge in [-0.25, -0.2) is 8.42 Å². The first-order valence-electron chi connectivity index (χ1n) is 5.84. The van der Waals surface area contributed by atoms with Crippen molar-refractivity contribution in [3.8, 4) is 0 Å². The standard InChI is InChI=1S/C10H16F3NO4S/c1-7(5-9(15)16)8-3-2-4-14(6-8)19(17,18)10(11,12)13/h7-8H,2-6H2,1H3,(H,15,16). The van der Waals surface area contributed by atoms with Crippen molar-refractivity contribution < 1.29 is 31.5 Å². The maximum Gasteiger partial charge on any atom is 0.511 e. The summed E-state index contributed by atoms with van der Waals surface area (Å²) in [6.07, 6.45) is 0.673. The van der Waals surface area contributed by atoms with Crippen molar-refractivity contribution >= 4 is 16.0 Å². The Bertz CT molecular complexity index is 435. The molecule has 0 aromatic carbocycles. The van der Waals surface area contributed by atoms with Crippen LogP contribution in [0.4, 0.5) is 13.2 Å². The van der Waals surface area contributed by atoms with Gasteiger partial charge in [-0.1, -0.05) is 6.92 Å². The molecule has 19 heavy (non-hydrogen) atoms. The van der Waals surface area contributed by atoms with Crippen LogP contribution in [0.3, 0.4) is 0 Å². The van der Waals surface area contributed by atoms with E-state index < -0.39 is 21.5 Å². The molecule has 0 radical (unpaired) electrons. The highest BCUT2D eigenvalue weighted by atomic mass is 32.2. The summed E-state index contributed by atoms with van der Waals surface area (Å²) in [4.78, 5) is 10.6. The molecule has 1 rings (SSSR count). The quantitative estimate of drug-likeness (QED) is 0.857. The number of carboxylic acids is 1. The second-order valence-corrected chi connectivity index (χ2v) is 6.72. The Kier molecular flexibility index (Phi) is 4.83. The summed E-state index contributed by atoms with van der Waals surface area (Å²) >= 11 is 0. The predicted octanol–water partition coefficient (Wildman–Crippen LogP) is 1.66. The lowest BCUT2D eigenvalue weighted by molar-refractivity contribution is -0.138. The van der Waals surface area contributed by atoms with Gasteiger partial charge in [0.15, 0.2) is 0 Å². The Hall–Kier alpha value is -0.830. The van der Waals surface area contributed by atoms with Crippen molar-refractivity contribution in [2.24, 2.45) is 11.8 Å². The van der Waals surface area contributed by atoms with E-state index in [1.807, 2.05) is 0 Å². The zero-order valence-corrected chi connectivity index (χ0v) is 11.2. The second kappa shape index (κ2) is 5.66. The number of nitrogens with zero attached hydrogens (tertiary/aromatic N) is 1. The maximum atomic E-state index is 12.4. The fourth-order valence-corrected chi connectivity index (χ4v) is 3.30. The van der Waals surface area contributed by atoms with E-state index in [0.29, 0.717) is 17.1 Å². The maximum absolute atomic E-state index is 12.4. The Morgan fingerprint density at radius 1 is 1.47 bits per heavy atom.